The van der Waals surface area contributed by atoms with Gasteiger partial charge < -0.3 is 5.32 Å². The van der Waals surface area contributed by atoms with Gasteiger partial charge in [-0.25, -0.2) is 12.8 Å². The third-order valence-corrected chi connectivity index (χ3v) is 4.86. The minimum absolute atomic E-state index is 0.0797. The third kappa shape index (κ3) is 2.91. The summed E-state index contributed by atoms with van der Waals surface area (Å²) in [6, 6.07) is 10.5. The number of hydrogen-bond acceptors (Lipinski definition) is 3. The molecule has 1 heterocycles. The van der Waals surface area contributed by atoms with Crippen LogP contribution in [0, 0.1) is 5.82 Å². The molecule has 1 aliphatic heterocycles. The molecule has 6 heteroatoms. The molecule has 0 unspecified atom stereocenters. The second-order valence-corrected chi connectivity index (χ2v) is 6.62. The van der Waals surface area contributed by atoms with Gasteiger partial charge in [-0.05, 0) is 48.4 Å². The molecule has 2 aromatic rings. The van der Waals surface area contributed by atoms with Gasteiger partial charge >= 0.3 is 0 Å². The van der Waals surface area contributed by atoms with Crippen molar-refractivity contribution in [3.63, 3.8) is 0 Å². The van der Waals surface area contributed by atoms with E-state index in [0.29, 0.717) is 12.2 Å². The zero-order valence-corrected chi connectivity index (χ0v) is 12.1. The Morgan fingerprint density at radius 2 is 1.95 bits per heavy atom. The average molecular weight is 306 g/mol. The van der Waals surface area contributed by atoms with Crippen LogP contribution in [0.15, 0.2) is 47.4 Å². The second kappa shape index (κ2) is 5.46. The van der Waals surface area contributed by atoms with E-state index in [1.807, 2.05) is 12.1 Å². The Hall–Kier alpha value is -1.92. The molecule has 4 nitrogen and oxygen atoms in total. The first-order valence-electron chi connectivity index (χ1n) is 6.66. The number of rotatable bonds is 3. The molecule has 0 saturated heterocycles. The van der Waals surface area contributed by atoms with Crippen LogP contribution in [-0.2, 0) is 23.0 Å². The predicted molar refractivity (Wildman–Crippen MR) is 79.1 cm³/mol. The van der Waals surface area contributed by atoms with Gasteiger partial charge in [-0.3, -0.25) is 4.72 Å². The molecule has 1 aliphatic rings. The standard InChI is InChI=1S/C15H15FN2O2S/c16-12-4-2-5-13(9-12)21(19,20)18-15-6-1-3-11-7-8-17-10-14(11)15/h1-6,9,17-18H,7-8,10H2. The molecule has 0 spiro atoms. The first kappa shape index (κ1) is 14.0. The Morgan fingerprint density at radius 3 is 2.76 bits per heavy atom. The molecule has 0 aromatic heterocycles. The van der Waals surface area contributed by atoms with E-state index in [-0.39, 0.29) is 4.90 Å². The van der Waals surface area contributed by atoms with Crippen LogP contribution in [0.3, 0.4) is 0 Å². The Morgan fingerprint density at radius 1 is 1.14 bits per heavy atom. The van der Waals surface area contributed by atoms with Crippen molar-refractivity contribution in [3.05, 3.63) is 59.4 Å². The summed E-state index contributed by atoms with van der Waals surface area (Å²) in [4.78, 5) is -0.0797. The van der Waals surface area contributed by atoms with E-state index in [4.69, 9.17) is 0 Å². The van der Waals surface area contributed by atoms with Crippen LogP contribution in [-0.4, -0.2) is 15.0 Å². The topological polar surface area (TPSA) is 58.2 Å². The number of halogens is 1. The highest BCUT2D eigenvalue weighted by atomic mass is 32.2. The lowest BCUT2D eigenvalue weighted by Crippen LogP contribution is -2.25. The van der Waals surface area contributed by atoms with Crippen molar-refractivity contribution >= 4 is 15.7 Å². The quantitative estimate of drug-likeness (QED) is 0.914. The maximum atomic E-state index is 13.2. The van der Waals surface area contributed by atoms with E-state index in [1.54, 1.807) is 6.07 Å². The average Bonchev–Trinajstić information content (AvgIpc) is 2.47. The van der Waals surface area contributed by atoms with Gasteiger partial charge in [-0.2, -0.15) is 0 Å². The van der Waals surface area contributed by atoms with Gasteiger partial charge in [0.25, 0.3) is 10.0 Å². The fourth-order valence-corrected chi connectivity index (χ4v) is 3.57. The fourth-order valence-electron chi connectivity index (χ4n) is 2.45. The van der Waals surface area contributed by atoms with Gasteiger partial charge in [-0.15, -0.1) is 0 Å². The number of fused-ring (bicyclic) bond motifs is 1. The third-order valence-electron chi connectivity index (χ3n) is 3.50. The lowest BCUT2D eigenvalue weighted by molar-refractivity contribution is 0.595. The molecule has 3 rings (SSSR count). The maximum absolute atomic E-state index is 13.2. The molecule has 0 fully saturated rings. The SMILES string of the molecule is O=S(=O)(Nc1cccc2c1CNCC2)c1cccc(F)c1. The zero-order chi connectivity index (χ0) is 14.9. The number of sulfonamides is 1. The van der Waals surface area contributed by atoms with Crippen LogP contribution >= 0.6 is 0 Å². The minimum atomic E-state index is -3.79. The van der Waals surface area contributed by atoms with Gasteiger partial charge in [-0.1, -0.05) is 18.2 Å². The normalized spacial score (nSPS) is 14.5. The summed E-state index contributed by atoms with van der Waals surface area (Å²) >= 11 is 0. The van der Waals surface area contributed by atoms with Crippen molar-refractivity contribution in [1.29, 1.82) is 0 Å². The molecule has 0 saturated carbocycles. The molecular formula is C15H15FN2O2S. The van der Waals surface area contributed by atoms with Gasteiger partial charge in [0.1, 0.15) is 5.82 Å². The Bertz CT molecular complexity index is 775. The summed E-state index contributed by atoms with van der Waals surface area (Å²) in [6.45, 7) is 1.50. The molecule has 0 amide bonds. The first-order chi connectivity index (χ1) is 10.1. The van der Waals surface area contributed by atoms with Crippen molar-refractivity contribution in [2.45, 2.75) is 17.9 Å². The number of nitrogens with one attached hydrogen (secondary N) is 2. The lowest BCUT2D eigenvalue weighted by atomic mass is 10.00. The Labute approximate surface area is 123 Å². The highest BCUT2D eigenvalue weighted by molar-refractivity contribution is 7.92. The van der Waals surface area contributed by atoms with Crippen LogP contribution in [0.25, 0.3) is 0 Å². The molecule has 0 atom stereocenters. The van der Waals surface area contributed by atoms with E-state index < -0.39 is 15.8 Å². The Kier molecular flexibility index (Phi) is 3.65. The highest BCUT2D eigenvalue weighted by Gasteiger charge is 2.19. The monoisotopic (exact) mass is 306 g/mol. The van der Waals surface area contributed by atoms with E-state index in [0.717, 1.165) is 30.2 Å². The van der Waals surface area contributed by atoms with Crippen LogP contribution in [0.2, 0.25) is 0 Å². The van der Waals surface area contributed by atoms with Gasteiger partial charge in [0.05, 0.1) is 10.6 Å². The van der Waals surface area contributed by atoms with Crippen molar-refractivity contribution in [3.8, 4) is 0 Å². The molecular weight excluding hydrogens is 291 g/mol. The first-order valence-corrected chi connectivity index (χ1v) is 8.14. The van der Waals surface area contributed by atoms with Crippen LogP contribution < -0.4 is 10.0 Å². The summed E-state index contributed by atoms with van der Waals surface area (Å²) in [5.74, 6) is -0.574. The summed E-state index contributed by atoms with van der Waals surface area (Å²) in [7, 11) is -3.79. The Balaban J connectivity index is 1.96. The van der Waals surface area contributed by atoms with E-state index >= 15 is 0 Å². The largest absolute Gasteiger partial charge is 0.312 e. The molecule has 0 bridgehead atoms. The zero-order valence-electron chi connectivity index (χ0n) is 11.3. The molecule has 2 N–H and O–H groups in total. The number of hydrogen-bond donors (Lipinski definition) is 2. The number of anilines is 1. The summed E-state index contributed by atoms with van der Waals surface area (Å²) < 4.78 is 40.4. The molecule has 0 aliphatic carbocycles. The summed E-state index contributed by atoms with van der Waals surface area (Å²) in [6.07, 6.45) is 0.866. The summed E-state index contributed by atoms with van der Waals surface area (Å²) in [5.41, 5.74) is 2.63. The highest BCUT2D eigenvalue weighted by Crippen LogP contribution is 2.25. The predicted octanol–water partition coefficient (Wildman–Crippen LogP) is 2.27. The van der Waals surface area contributed by atoms with E-state index in [9.17, 15) is 12.8 Å². The fraction of sp³-hybridized carbons (Fsp3) is 0.200. The van der Waals surface area contributed by atoms with Gasteiger partial charge in [0, 0.05) is 6.54 Å². The second-order valence-electron chi connectivity index (χ2n) is 4.93. The van der Waals surface area contributed by atoms with Gasteiger partial charge in [0.15, 0.2) is 0 Å². The van der Waals surface area contributed by atoms with Crippen molar-refractivity contribution in [1.82, 2.24) is 5.32 Å². The van der Waals surface area contributed by atoms with Crippen LogP contribution in [0.1, 0.15) is 11.1 Å². The molecule has 110 valence electrons. The van der Waals surface area contributed by atoms with Crippen LogP contribution in [0.4, 0.5) is 10.1 Å². The lowest BCUT2D eigenvalue weighted by Gasteiger charge is -2.21. The number of benzene rings is 2. The summed E-state index contributed by atoms with van der Waals surface area (Å²) in [5, 5.41) is 3.22. The van der Waals surface area contributed by atoms with Crippen molar-refractivity contribution in [2.75, 3.05) is 11.3 Å². The van der Waals surface area contributed by atoms with Crippen molar-refractivity contribution < 1.29 is 12.8 Å². The molecule has 21 heavy (non-hydrogen) atoms. The van der Waals surface area contributed by atoms with Crippen LogP contribution in [0.5, 0.6) is 0 Å². The molecule has 0 radical (unpaired) electrons. The van der Waals surface area contributed by atoms with E-state index in [2.05, 4.69) is 10.0 Å². The van der Waals surface area contributed by atoms with Gasteiger partial charge in [0.2, 0.25) is 0 Å². The maximum Gasteiger partial charge on any atom is 0.262 e. The van der Waals surface area contributed by atoms with E-state index in [1.165, 1.54) is 18.2 Å². The van der Waals surface area contributed by atoms with Crippen molar-refractivity contribution in [2.24, 2.45) is 0 Å². The molecule has 2 aromatic carbocycles. The minimum Gasteiger partial charge on any atom is -0.312 e. The smallest absolute Gasteiger partial charge is 0.262 e.